The van der Waals surface area contributed by atoms with E-state index < -0.39 is 0 Å². The van der Waals surface area contributed by atoms with Crippen LogP contribution in [0.5, 0.6) is 0 Å². The topological polar surface area (TPSA) is 28.2 Å². The molecule has 0 amide bonds. The minimum Gasteiger partial charge on any atom is -0.370 e. The highest BCUT2D eigenvalue weighted by Gasteiger charge is 1.98. The molecule has 1 N–H and O–H groups in total. The molecule has 4 heteroatoms. The second-order valence-corrected chi connectivity index (χ2v) is 5.12. The van der Waals surface area contributed by atoms with Crippen molar-refractivity contribution in [3.8, 4) is 0 Å². The molecule has 0 aromatic carbocycles. The molecule has 1 aromatic heterocycles. The van der Waals surface area contributed by atoms with Crippen LogP contribution in [-0.2, 0) is 0 Å². The summed E-state index contributed by atoms with van der Waals surface area (Å²) in [6.45, 7) is 4.24. The van der Waals surface area contributed by atoms with Crippen molar-refractivity contribution < 1.29 is 0 Å². The number of anilines is 1. The van der Waals surface area contributed by atoms with Crippen LogP contribution in [0.25, 0.3) is 0 Å². The first-order chi connectivity index (χ1) is 7.72. The highest BCUT2D eigenvalue weighted by molar-refractivity contribution is 7.99. The molecule has 0 spiro atoms. The minimum atomic E-state index is 0.983. The molecule has 16 heavy (non-hydrogen) atoms. The average molecular weight is 239 g/mol. The van der Waals surface area contributed by atoms with Crippen LogP contribution in [0.4, 0.5) is 5.82 Å². The molecular weight excluding hydrogens is 218 g/mol. The van der Waals surface area contributed by atoms with Crippen molar-refractivity contribution in [1.82, 2.24) is 9.88 Å². The minimum absolute atomic E-state index is 0.983. The number of nitrogens with one attached hydrogen (secondary N) is 1. The molecule has 1 aromatic rings. The number of hydrogen-bond donors (Lipinski definition) is 1. The van der Waals surface area contributed by atoms with E-state index in [2.05, 4.69) is 48.4 Å². The summed E-state index contributed by atoms with van der Waals surface area (Å²) in [5, 5.41) is 3.30. The predicted octanol–water partition coefficient (Wildman–Crippen LogP) is 2.56. The van der Waals surface area contributed by atoms with Gasteiger partial charge in [0.1, 0.15) is 5.82 Å². The van der Waals surface area contributed by atoms with Gasteiger partial charge < -0.3 is 10.2 Å². The van der Waals surface area contributed by atoms with Crippen molar-refractivity contribution in [3.05, 3.63) is 18.3 Å². The zero-order valence-electron chi connectivity index (χ0n) is 10.4. The Bertz CT molecular complexity index is 302. The summed E-state index contributed by atoms with van der Waals surface area (Å²) in [6.07, 6.45) is 3.00. The van der Waals surface area contributed by atoms with Crippen molar-refractivity contribution >= 4 is 17.6 Å². The lowest BCUT2D eigenvalue weighted by Gasteiger charge is -2.09. The quantitative estimate of drug-likeness (QED) is 0.740. The molecule has 0 saturated carbocycles. The Hall–Kier alpha value is -0.740. The number of rotatable bonds is 7. The molecule has 0 atom stereocenters. The van der Waals surface area contributed by atoms with E-state index in [4.69, 9.17) is 0 Å². The van der Waals surface area contributed by atoms with E-state index >= 15 is 0 Å². The molecular formula is C12H21N3S. The zero-order chi connectivity index (χ0) is 11.8. The van der Waals surface area contributed by atoms with E-state index in [9.17, 15) is 0 Å². The molecule has 3 nitrogen and oxygen atoms in total. The first-order valence-corrected chi connectivity index (χ1v) is 6.68. The van der Waals surface area contributed by atoms with Gasteiger partial charge in [0.05, 0.1) is 0 Å². The molecule has 90 valence electrons. The monoisotopic (exact) mass is 239 g/mol. The highest BCUT2D eigenvalue weighted by Crippen LogP contribution is 2.19. The summed E-state index contributed by atoms with van der Waals surface area (Å²) in [4.78, 5) is 7.77. The molecule has 0 saturated heterocycles. The summed E-state index contributed by atoms with van der Waals surface area (Å²) in [5.74, 6) is 2.10. The second-order valence-electron chi connectivity index (χ2n) is 3.96. The summed E-state index contributed by atoms with van der Waals surface area (Å²) in [6, 6.07) is 4.19. The van der Waals surface area contributed by atoms with Crippen molar-refractivity contribution in [3.63, 3.8) is 0 Å². The number of hydrogen-bond acceptors (Lipinski definition) is 4. The van der Waals surface area contributed by atoms with Crippen LogP contribution in [0.2, 0.25) is 0 Å². The van der Waals surface area contributed by atoms with Gasteiger partial charge in [-0.05, 0) is 32.6 Å². The lowest BCUT2D eigenvalue weighted by molar-refractivity contribution is 0.437. The van der Waals surface area contributed by atoms with Gasteiger partial charge in [0, 0.05) is 29.9 Å². The van der Waals surface area contributed by atoms with E-state index in [1.165, 1.54) is 4.90 Å². The maximum absolute atomic E-state index is 4.29. The van der Waals surface area contributed by atoms with Gasteiger partial charge in [-0.3, -0.25) is 0 Å². The molecule has 0 aliphatic rings. The maximum Gasteiger partial charge on any atom is 0.126 e. The fourth-order valence-corrected chi connectivity index (χ4v) is 2.24. The predicted molar refractivity (Wildman–Crippen MR) is 72.3 cm³/mol. The maximum atomic E-state index is 4.29. The first-order valence-electron chi connectivity index (χ1n) is 5.70. The average Bonchev–Trinajstić information content (AvgIpc) is 2.26. The lowest BCUT2D eigenvalue weighted by Crippen LogP contribution is -2.14. The van der Waals surface area contributed by atoms with Gasteiger partial charge >= 0.3 is 0 Å². The van der Waals surface area contributed by atoms with Crippen LogP contribution in [0.1, 0.15) is 13.3 Å². The molecule has 0 aliphatic carbocycles. The van der Waals surface area contributed by atoms with Crippen LogP contribution < -0.4 is 5.32 Å². The Morgan fingerprint density at radius 3 is 2.94 bits per heavy atom. The smallest absolute Gasteiger partial charge is 0.126 e. The second kappa shape index (κ2) is 7.52. The third kappa shape index (κ3) is 5.37. The van der Waals surface area contributed by atoms with Crippen LogP contribution in [0.3, 0.4) is 0 Å². The normalized spacial score (nSPS) is 10.8. The summed E-state index contributed by atoms with van der Waals surface area (Å²) < 4.78 is 0. The Morgan fingerprint density at radius 1 is 1.44 bits per heavy atom. The molecule has 0 unspecified atom stereocenters. The van der Waals surface area contributed by atoms with Crippen LogP contribution >= 0.6 is 11.8 Å². The highest BCUT2D eigenvalue weighted by atomic mass is 32.2. The fourth-order valence-electron chi connectivity index (χ4n) is 1.20. The number of thioether (sulfide) groups is 1. The Kier molecular flexibility index (Phi) is 6.26. The van der Waals surface area contributed by atoms with Crippen LogP contribution in [0, 0.1) is 0 Å². The van der Waals surface area contributed by atoms with Gasteiger partial charge in [-0.25, -0.2) is 4.98 Å². The van der Waals surface area contributed by atoms with E-state index in [0.717, 1.165) is 31.1 Å². The molecule has 1 heterocycles. The first kappa shape index (κ1) is 13.3. The SMILES string of the molecule is CCCNc1cc(SCCN(C)C)ccn1. The van der Waals surface area contributed by atoms with Gasteiger partial charge in [0.2, 0.25) is 0 Å². The van der Waals surface area contributed by atoms with E-state index in [1.54, 1.807) is 0 Å². The van der Waals surface area contributed by atoms with Gasteiger partial charge in [0.25, 0.3) is 0 Å². The van der Waals surface area contributed by atoms with Crippen molar-refractivity contribution in [2.75, 3.05) is 38.3 Å². The molecule has 0 bridgehead atoms. The van der Waals surface area contributed by atoms with Crippen molar-refractivity contribution in [1.29, 1.82) is 0 Å². The Morgan fingerprint density at radius 2 is 2.25 bits per heavy atom. The third-order valence-corrected chi connectivity index (χ3v) is 3.07. The summed E-state index contributed by atoms with van der Waals surface area (Å²) >= 11 is 1.87. The fraction of sp³-hybridized carbons (Fsp3) is 0.583. The molecule has 1 rings (SSSR count). The van der Waals surface area contributed by atoms with E-state index in [1.807, 2.05) is 18.0 Å². The molecule has 0 radical (unpaired) electrons. The molecule has 0 aliphatic heterocycles. The summed E-state index contributed by atoms with van der Waals surface area (Å²) in [5.41, 5.74) is 0. The number of nitrogens with zero attached hydrogens (tertiary/aromatic N) is 2. The Labute approximate surface area is 103 Å². The van der Waals surface area contributed by atoms with Crippen LogP contribution in [0.15, 0.2) is 23.2 Å². The largest absolute Gasteiger partial charge is 0.370 e. The summed E-state index contributed by atoms with van der Waals surface area (Å²) in [7, 11) is 4.20. The lowest BCUT2D eigenvalue weighted by atomic mass is 10.4. The van der Waals surface area contributed by atoms with Gasteiger partial charge in [-0.1, -0.05) is 6.92 Å². The van der Waals surface area contributed by atoms with Crippen molar-refractivity contribution in [2.45, 2.75) is 18.2 Å². The van der Waals surface area contributed by atoms with Gasteiger partial charge in [-0.15, -0.1) is 11.8 Å². The zero-order valence-corrected chi connectivity index (χ0v) is 11.2. The van der Waals surface area contributed by atoms with Crippen molar-refractivity contribution in [2.24, 2.45) is 0 Å². The van der Waals surface area contributed by atoms with E-state index in [-0.39, 0.29) is 0 Å². The van der Waals surface area contributed by atoms with Crippen LogP contribution in [-0.4, -0.2) is 42.8 Å². The third-order valence-electron chi connectivity index (χ3n) is 2.09. The number of aromatic nitrogens is 1. The molecule has 0 fully saturated rings. The number of pyridine rings is 1. The van der Waals surface area contributed by atoms with Gasteiger partial charge in [0.15, 0.2) is 0 Å². The Balaban J connectivity index is 2.40. The van der Waals surface area contributed by atoms with Gasteiger partial charge in [-0.2, -0.15) is 0 Å². The standard InChI is InChI=1S/C12H21N3S/c1-4-6-13-12-10-11(5-7-14-12)16-9-8-15(2)3/h5,7,10H,4,6,8-9H2,1-3H3,(H,13,14). The van der Waals surface area contributed by atoms with E-state index in [0.29, 0.717) is 0 Å².